The second-order valence-electron chi connectivity index (χ2n) is 6.71. The van der Waals surface area contributed by atoms with Gasteiger partial charge in [0.1, 0.15) is 12.1 Å². The molecule has 0 aromatic carbocycles. The summed E-state index contributed by atoms with van der Waals surface area (Å²) in [4.78, 5) is 23.4. The van der Waals surface area contributed by atoms with Crippen molar-refractivity contribution in [1.29, 1.82) is 0 Å². The Labute approximate surface area is 142 Å². The zero-order valence-electron chi connectivity index (χ0n) is 14.7. The number of rotatable bonds is 5. The molecule has 0 spiro atoms. The van der Waals surface area contributed by atoms with E-state index in [0.717, 1.165) is 43.7 Å². The molecule has 1 saturated heterocycles. The van der Waals surface area contributed by atoms with Crippen LogP contribution in [-0.2, 0) is 4.79 Å². The predicted octanol–water partition coefficient (Wildman–Crippen LogP) is 1.95. The Morgan fingerprint density at radius 1 is 1.50 bits per heavy atom. The maximum absolute atomic E-state index is 12.6. The lowest BCUT2D eigenvalue weighted by Gasteiger charge is -2.34. The van der Waals surface area contributed by atoms with Crippen LogP contribution in [0, 0.1) is 12.8 Å². The van der Waals surface area contributed by atoms with Gasteiger partial charge >= 0.3 is 0 Å². The second-order valence-corrected chi connectivity index (χ2v) is 6.71. The van der Waals surface area contributed by atoms with Gasteiger partial charge in [-0.3, -0.25) is 4.79 Å². The van der Waals surface area contributed by atoms with Gasteiger partial charge in [0.25, 0.3) is 5.78 Å². The van der Waals surface area contributed by atoms with E-state index in [4.69, 9.17) is 0 Å². The first kappa shape index (κ1) is 16.7. The van der Waals surface area contributed by atoms with Gasteiger partial charge in [-0.2, -0.15) is 14.6 Å². The minimum absolute atomic E-state index is 0.0186. The largest absolute Gasteiger partial charge is 0.356 e. The van der Waals surface area contributed by atoms with Crippen molar-refractivity contribution in [2.75, 3.05) is 18.0 Å². The molecule has 3 heterocycles. The Balaban J connectivity index is 1.75. The van der Waals surface area contributed by atoms with E-state index in [1.54, 1.807) is 4.52 Å². The van der Waals surface area contributed by atoms with Crippen molar-refractivity contribution in [2.45, 2.75) is 52.5 Å². The maximum Gasteiger partial charge on any atom is 0.254 e. The van der Waals surface area contributed by atoms with Gasteiger partial charge in [-0.1, -0.05) is 13.3 Å². The summed E-state index contributed by atoms with van der Waals surface area (Å²) < 4.78 is 1.76. The SMILES string of the molecule is CCCC(C)NC(=O)C1CCCN(c2cc(C)nc3ncnn23)C1. The molecule has 7 nitrogen and oxygen atoms in total. The van der Waals surface area contributed by atoms with E-state index in [0.29, 0.717) is 12.3 Å². The number of piperidine rings is 1. The molecule has 2 aromatic heterocycles. The highest BCUT2D eigenvalue weighted by molar-refractivity contribution is 5.79. The highest BCUT2D eigenvalue weighted by Crippen LogP contribution is 2.24. The lowest BCUT2D eigenvalue weighted by atomic mass is 9.96. The van der Waals surface area contributed by atoms with E-state index in [1.807, 2.05) is 13.0 Å². The second kappa shape index (κ2) is 7.15. The monoisotopic (exact) mass is 330 g/mol. The Morgan fingerprint density at radius 2 is 2.33 bits per heavy atom. The average Bonchev–Trinajstić information content (AvgIpc) is 3.02. The van der Waals surface area contributed by atoms with E-state index in [9.17, 15) is 4.79 Å². The van der Waals surface area contributed by atoms with Crippen LogP contribution in [0.25, 0.3) is 5.78 Å². The third-order valence-electron chi connectivity index (χ3n) is 4.59. The molecule has 130 valence electrons. The number of carbonyl (C=O) groups excluding carboxylic acids is 1. The van der Waals surface area contributed by atoms with Crippen molar-refractivity contribution < 1.29 is 4.79 Å². The maximum atomic E-state index is 12.6. The summed E-state index contributed by atoms with van der Waals surface area (Å²) in [6, 6.07) is 2.25. The number of hydrogen-bond acceptors (Lipinski definition) is 5. The van der Waals surface area contributed by atoms with Crippen LogP contribution in [0.3, 0.4) is 0 Å². The number of amides is 1. The first-order valence-electron chi connectivity index (χ1n) is 8.81. The number of nitrogens with zero attached hydrogens (tertiary/aromatic N) is 5. The third kappa shape index (κ3) is 3.49. The summed E-state index contributed by atoms with van der Waals surface area (Å²) in [6.07, 6.45) is 5.56. The Kier molecular flexibility index (Phi) is 4.97. The van der Waals surface area contributed by atoms with Crippen molar-refractivity contribution in [3.05, 3.63) is 18.1 Å². The quantitative estimate of drug-likeness (QED) is 0.907. The summed E-state index contributed by atoms with van der Waals surface area (Å²) in [6.45, 7) is 7.81. The summed E-state index contributed by atoms with van der Waals surface area (Å²) in [5.74, 6) is 1.76. The normalized spacial score (nSPS) is 19.5. The van der Waals surface area contributed by atoms with E-state index >= 15 is 0 Å². The number of aromatic nitrogens is 4. The Morgan fingerprint density at radius 3 is 3.12 bits per heavy atom. The molecule has 1 N–H and O–H groups in total. The lowest BCUT2D eigenvalue weighted by molar-refractivity contribution is -0.125. The summed E-state index contributed by atoms with van der Waals surface area (Å²) in [7, 11) is 0. The van der Waals surface area contributed by atoms with Crippen LogP contribution in [-0.4, -0.2) is 44.6 Å². The van der Waals surface area contributed by atoms with Crippen LogP contribution >= 0.6 is 0 Å². The van der Waals surface area contributed by atoms with Gasteiger partial charge < -0.3 is 10.2 Å². The molecule has 2 atom stereocenters. The molecule has 0 saturated carbocycles. The van der Waals surface area contributed by atoms with Crippen molar-refractivity contribution >= 4 is 17.5 Å². The number of hydrogen-bond donors (Lipinski definition) is 1. The van der Waals surface area contributed by atoms with Crippen molar-refractivity contribution in [3.63, 3.8) is 0 Å². The highest BCUT2D eigenvalue weighted by Gasteiger charge is 2.28. The van der Waals surface area contributed by atoms with Crippen molar-refractivity contribution in [3.8, 4) is 0 Å². The van der Waals surface area contributed by atoms with Crippen LogP contribution in [0.15, 0.2) is 12.4 Å². The molecule has 0 aliphatic carbocycles. The van der Waals surface area contributed by atoms with Gasteiger partial charge in [-0.05, 0) is 33.1 Å². The predicted molar refractivity (Wildman–Crippen MR) is 93.0 cm³/mol. The molecule has 1 amide bonds. The topological polar surface area (TPSA) is 75.4 Å². The molecule has 0 bridgehead atoms. The molecule has 3 rings (SSSR count). The third-order valence-corrected chi connectivity index (χ3v) is 4.59. The molecular weight excluding hydrogens is 304 g/mol. The van der Waals surface area contributed by atoms with Crippen LogP contribution in [0.4, 0.5) is 5.82 Å². The van der Waals surface area contributed by atoms with Crippen LogP contribution in [0.5, 0.6) is 0 Å². The Hall–Kier alpha value is -2.18. The first-order chi connectivity index (χ1) is 11.6. The zero-order chi connectivity index (χ0) is 17.1. The standard InChI is InChI=1S/C17H26N6O/c1-4-6-12(2)20-16(24)14-7-5-8-22(10-14)15-9-13(3)21-17-18-11-19-23(15)17/h9,11-12,14H,4-8,10H2,1-3H3,(H,20,24). The van der Waals surface area contributed by atoms with Gasteiger partial charge in [0.2, 0.25) is 5.91 Å². The van der Waals surface area contributed by atoms with Gasteiger partial charge in [-0.25, -0.2) is 4.98 Å². The van der Waals surface area contributed by atoms with Gasteiger partial charge in [0.05, 0.1) is 5.92 Å². The van der Waals surface area contributed by atoms with Crippen molar-refractivity contribution in [1.82, 2.24) is 24.9 Å². The number of carbonyl (C=O) groups is 1. The molecule has 0 radical (unpaired) electrons. The van der Waals surface area contributed by atoms with E-state index in [1.165, 1.54) is 6.33 Å². The van der Waals surface area contributed by atoms with E-state index in [2.05, 4.69) is 39.1 Å². The number of anilines is 1. The smallest absolute Gasteiger partial charge is 0.254 e. The highest BCUT2D eigenvalue weighted by atomic mass is 16.2. The molecule has 7 heteroatoms. The molecule has 1 aliphatic rings. The summed E-state index contributed by atoms with van der Waals surface area (Å²) >= 11 is 0. The fraction of sp³-hybridized carbons (Fsp3) is 0.647. The van der Waals surface area contributed by atoms with Gasteiger partial charge in [-0.15, -0.1) is 0 Å². The molecular formula is C17H26N6O. The van der Waals surface area contributed by atoms with E-state index in [-0.39, 0.29) is 17.9 Å². The van der Waals surface area contributed by atoms with Crippen LogP contribution < -0.4 is 10.2 Å². The van der Waals surface area contributed by atoms with Gasteiger partial charge in [0, 0.05) is 30.9 Å². The lowest BCUT2D eigenvalue weighted by Crippen LogP contribution is -2.45. The number of aryl methyl sites for hydroxylation is 1. The fourth-order valence-corrected chi connectivity index (χ4v) is 3.40. The molecule has 1 aliphatic heterocycles. The minimum atomic E-state index is 0.0186. The molecule has 2 aromatic rings. The Bertz CT molecular complexity index is 712. The molecule has 24 heavy (non-hydrogen) atoms. The average molecular weight is 330 g/mol. The number of nitrogens with one attached hydrogen (secondary N) is 1. The minimum Gasteiger partial charge on any atom is -0.356 e. The number of fused-ring (bicyclic) bond motifs is 1. The zero-order valence-corrected chi connectivity index (χ0v) is 14.7. The first-order valence-corrected chi connectivity index (χ1v) is 8.81. The summed E-state index contributed by atoms with van der Waals surface area (Å²) in [5, 5.41) is 7.43. The van der Waals surface area contributed by atoms with E-state index < -0.39 is 0 Å². The molecule has 1 fully saturated rings. The van der Waals surface area contributed by atoms with Crippen LogP contribution in [0.2, 0.25) is 0 Å². The fourth-order valence-electron chi connectivity index (χ4n) is 3.40. The van der Waals surface area contributed by atoms with Crippen LogP contribution in [0.1, 0.15) is 45.2 Å². The van der Waals surface area contributed by atoms with Crippen molar-refractivity contribution in [2.24, 2.45) is 5.92 Å². The summed E-state index contributed by atoms with van der Waals surface area (Å²) in [5.41, 5.74) is 0.911. The van der Waals surface area contributed by atoms with Gasteiger partial charge in [0.15, 0.2) is 0 Å². The molecule has 2 unspecified atom stereocenters.